The number of fused-ring (bicyclic) bond motifs is 1. The van der Waals surface area contributed by atoms with Gasteiger partial charge in [0.25, 0.3) is 0 Å². The first kappa shape index (κ1) is 21.4. The van der Waals surface area contributed by atoms with Crippen LogP contribution in [0.5, 0.6) is 0 Å². The molecule has 0 saturated carbocycles. The van der Waals surface area contributed by atoms with E-state index in [1.54, 1.807) is 43.6 Å². The van der Waals surface area contributed by atoms with Gasteiger partial charge in [0.1, 0.15) is 11.5 Å². The van der Waals surface area contributed by atoms with Crippen molar-refractivity contribution in [1.29, 1.82) is 0 Å². The van der Waals surface area contributed by atoms with E-state index in [1.807, 2.05) is 0 Å². The summed E-state index contributed by atoms with van der Waals surface area (Å²) in [4.78, 5) is 39.1. The number of hydrogen-bond acceptors (Lipinski definition) is 5. The summed E-state index contributed by atoms with van der Waals surface area (Å²) in [5.74, 6) is -0.795. The first-order chi connectivity index (χ1) is 15.0. The molecule has 0 spiro atoms. The van der Waals surface area contributed by atoms with E-state index in [4.69, 9.17) is 16.3 Å². The molecule has 9 heteroatoms. The molecule has 2 heterocycles. The van der Waals surface area contributed by atoms with Crippen molar-refractivity contribution >= 4 is 39.8 Å². The van der Waals surface area contributed by atoms with Crippen molar-refractivity contribution < 1.29 is 14.3 Å². The highest BCUT2D eigenvalue weighted by atomic mass is 35.5. The summed E-state index contributed by atoms with van der Waals surface area (Å²) in [6, 6.07) is 6.92. The van der Waals surface area contributed by atoms with Gasteiger partial charge in [-0.25, -0.2) is 9.59 Å². The van der Waals surface area contributed by atoms with Gasteiger partial charge >= 0.3 is 11.7 Å². The van der Waals surface area contributed by atoms with Gasteiger partial charge in [0.2, 0.25) is 5.91 Å². The number of anilines is 1. The molecular weight excluding hydrogens is 438 g/mol. The largest absolute Gasteiger partial charge is 0.462 e. The molecule has 0 saturated heterocycles. The average Bonchev–Trinajstić information content (AvgIpc) is 3.28. The van der Waals surface area contributed by atoms with E-state index >= 15 is 0 Å². The number of thiophene rings is 1. The van der Waals surface area contributed by atoms with Gasteiger partial charge in [0.15, 0.2) is 0 Å². The number of benzene rings is 1. The van der Waals surface area contributed by atoms with Gasteiger partial charge in [-0.05, 0) is 56.4 Å². The highest BCUT2D eigenvalue weighted by Gasteiger charge is 2.27. The second-order valence-electron chi connectivity index (χ2n) is 7.24. The molecule has 1 aliphatic rings. The minimum atomic E-state index is -0.415. The number of imidazole rings is 1. The number of carbonyl (C=O) groups excluding carboxylic acids is 2. The van der Waals surface area contributed by atoms with Crippen molar-refractivity contribution in [2.75, 3.05) is 11.9 Å². The second kappa shape index (κ2) is 9.11. The van der Waals surface area contributed by atoms with Crippen molar-refractivity contribution in [2.45, 2.75) is 39.2 Å². The first-order valence-corrected chi connectivity index (χ1v) is 11.3. The Morgan fingerprint density at radius 2 is 2.03 bits per heavy atom. The second-order valence-corrected chi connectivity index (χ2v) is 8.78. The maximum Gasteiger partial charge on any atom is 0.341 e. The van der Waals surface area contributed by atoms with E-state index in [-0.39, 0.29) is 24.7 Å². The lowest BCUT2D eigenvalue weighted by molar-refractivity contribution is -0.116. The Balaban J connectivity index is 1.55. The fourth-order valence-electron chi connectivity index (χ4n) is 3.75. The summed E-state index contributed by atoms with van der Waals surface area (Å²) in [6.07, 6.45) is 6.91. The van der Waals surface area contributed by atoms with Crippen molar-refractivity contribution in [2.24, 2.45) is 0 Å². The number of aromatic nitrogens is 2. The molecule has 3 aromatic rings. The number of hydrogen-bond donors (Lipinski definition) is 1. The van der Waals surface area contributed by atoms with Gasteiger partial charge in [-0.1, -0.05) is 17.7 Å². The standard InChI is InChI=1S/C22H22ClN3O4S/c1-2-30-21(28)19-16-8-3-4-9-17(16)31-20(19)24-18(27)13-25-10-11-26(22(25)29)15-7-5-6-14(23)12-15/h5-7,10-12H,2-4,8-9,13H2,1H3,(H,24,27). The van der Waals surface area contributed by atoms with Crippen LogP contribution in [0, 0.1) is 0 Å². The van der Waals surface area contributed by atoms with Crippen LogP contribution in [-0.4, -0.2) is 27.6 Å². The summed E-state index contributed by atoms with van der Waals surface area (Å²) < 4.78 is 7.96. The maximum atomic E-state index is 12.7. The fraction of sp³-hybridized carbons (Fsp3) is 0.318. The highest BCUT2D eigenvalue weighted by Crippen LogP contribution is 2.38. The third-order valence-electron chi connectivity index (χ3n) is 5.15. The SMILES string of the molecule is CCOC(=O)c1c(NC(=O)Cn2ccn(-c3cccc(Cl)c3)c2=O)sc2c1CCCC2. The van der Waals surface area contributed by atoms with Crippen LogP contribution in [0.1, 0.15) is 40.6 Å². The minimum absolute atomic E-state index is 0.169. The zero-order valence-corrected chi connectivity index (χ0v) is 18.6. The molecule has 0 atom stereocenters. The number of rotatable bonds is 6. The number of carbonyl (C=O) groups is 2. The van der Waals surface area contributed by atoms with Crippen LogP contribution in [0.4, 0.5) is 5.00 Å². The molecule has 7 nitrogen and oxygen atoms in total. The highest BCUT2D eigenvalue weighted by molar-refractivity contribution is 7.17. The third kappa shape index (κ3) is 4.45. The molecule has 1 amide bonds. The quantitative estimate of drug-likeness (QED) is 0.564. The van der Waals surface area contributed by atoms with Crippen LogP contribution >= 0.6 is 22.9 Å². The summed E-state index contributed by atoms with van der Waals surface area (Å²) >= 11 is 7.43. The molecule has 0 fully saturated rings. The van der Waals surface area contributed by atoms with Crippen LogP contribution in [0.2, 0.25) is 5.02 Å². The van der Waals surface area contributed by atoms with Gasteiger partial charge in [0.05, 0.1) is 17.9 Å². The molecule has 2 aromatic heterocycles. The van der Waals surface area contributed by atoms with Gasteiger partial charge in [-0.15, -0.1) is 11.3 Å². The zero-order valence-electron chi connectivity index (χ0n) is 17.0. The molecule has 1 N–H and O–H groups in total. The number of ether oxygens (including phenoxy) is 1. The van der Waals surface area contributed by atoms with E-state index in [2.05, 4.69) is 5.32 Å². The van der Waals surface area contributed by atoms with Gasteiger partial charge in [-0.2, -0.15) is 0 Å². The Hall–Kier alpha value is -2.84. The number of amides is 1. The lowest BCUT2D eigenvalue weighted by Crippen LogP contribution is -2.28. The molecule has 4 rings (SSSR count). The maximum absolute atomic E-state index is 12.7. The minimum Gasteiger partial charge on any atom is -0.462 e. The lowest BCUT2D eigenvalue weighted by Gasteiger charge is -2.12. The van der Waals surface area contributed by atoms with Crippen molar-refractivity contribution in [3.63, 3.8) is 0 Å². The van der Waals surface area contributed by atoms with Crippen LogP contribution in [0.25, 0.3) is 5.69 Å². The predicted molar refractivity (Wildman–Crippen MR) is 121 cm³/mol. The van der Waals surface area contributed by atoms with Crippen LogP contribution < -0.4 is 11.0 Å². The summed E-state index contributed by atoms with van der Waals surface area (Å²) in [6.45, 7) is 1.85. The molecule has 0 radical (unpaired) electrons. The number of esters is 1. The molecule has 1 aliphatic carbocycles. The fourth-order valence-corrected chi connectivity index (χ4v) is 5.23. The van der Waals surface area contributed by atoms with Gasteiger partial charge in [-0.3, -0.25) is 13.9 Å². The third-order valence-corrected chi connectivity index (χ3v) is 6.59. The number of nitrogens with one attached hydrogen (secondary N) is 1. The van der Waals surface area contributed by atoms with Crippen LogP contribution in [-0.2, 0) is 28.9 Å². The number of nitrogens with zero attached hydrogens (tertiary/aromatic N) is 2. The Morgan fingerprint density at radius 1 is 1.23 bits per heavy atom. The zero-order chi connectivity index (χ0) is 22.0. The first-order valence-electron chi connectivity index (χ1n) is 10.1. The summed E-state index contributed by atoms with van der Waals surface area (Å²) in [5.41, 5.74) is 1.70. The summed E-state index contributed by atoms with van der Waals surface area (Å²) in [7, 11) is 0. The lowest BCUT2D eigenvalue weighted by atomic mass is 9.95. The molecule has 0 bridgehead atoms. The monoisotopic (exact) mass is 459 g/mol. The normalized spacial score (nSPS) is 13.0. The molecule has 31 heavy (non-hydrogen) atoms. The van der Waals surface area contributed by atoms with Crippen LogP contribution in [0.15, 0.2) is 41.5 Å². The van der Waals surface area contributed by atoms with Crippen molar-refractivity contribution in [3.8, 4) is 5.69 Å². The van der Waals surface area contributed by atoms with E-state index in [1.165, 1.54) is 20.5 Å². The molecule has 162 valence electrons. The van der Waals surface area contributed by atoms with Gasteiger partial charge < -0.3 is 10.1 Å². The van der Waals surface area contributed by atoms with Gasteiger partial charge in [0, 0.05) is 22.3 Å². The molecular formula is C22H22ClN3O4S. The number of halogens is 1. The summed E-state index contributed by atoms with van der Waals surface area (Å²) in [5, 5.41) is 3.84. The Kier molecular flexibility index (Phi) is 6.29. The number of aryl methyl sites for hydroxylation is 1. The Labute approximate surface area is 188 Å². The van der Waals surface area contributed by atoms with E-state index in [9.17, 15) is 14.4 Å². The Bertz CT molecular complexity index is 1190. The molecule has 0 aliphatic heterocycles. The molecule has 0 unspecified atom stereocenters. The smallest absolute Gasteiger partial charge is 0.341 e. The van der Waals surface area contributed by atoms with E-state index < -0.39 is 5.97 Å². The van der Waals surface area contributed by atoms with E-state index in [0.29, 0.717) is 21.3 Å². The van der Waals surface area contributed by atoms with Crippen molar-refractivity contribution in [3.05, 3.63) is 68.2 Å². The van der Waals surface area contributed by atoms with E-state index in [0.717, 1.165) is 36.1 Å². The predicted octanol–water partition coefficient (Wildman–Crippen LogP) is 4.05. The van der Waals surface area contributed by atoms with Crippen molar-refractivity contribution in [1.82, 2.24) is 9.13 Å². The average molecular weight is 460 g/mol. The Morgan fingerprint density at radius 3 is 2.81 bits per heavy atom. The molecule has 1 aromatic carbocycles. The topological polar surface area (TPSA) is 82.3 Å². The van der Waals surface area contributed by atoms with Crippen LogP contribution in [0.3, 0.4) is 0 Å².